The summed E-state index contributed by atoms with van der Waals surface area (Å²) in [5.74, 6) is 2.31. The molecule has 0 unspecified atom stereocenters. The van der Waals surface area contributed by atoms with Crippen LogP contribution in [0.4, 0.5) is 0 Å². The maximum absolute atomic E-state index is 5.45. The van der Waals surface area contributed by atoms with Crippen LogP contribution < -0.4 is 0 Å². The van der Waals surface area contributed by atoms with Crippen molar-refractivity contribution in [2.75, 3.05) is 39.4 Å². The van der Waals surface area contributed by atoms with Crippen LogP contribution in [0.3, 0.4) is 0 Å². The van der Waals surface area contributed by atoms with Crippen molar-refractivity contribution >= 4 is 0 Å². The first-order chi connectivity index (χ1) is 10.7. The second-order valence-electron chi connectivity index (χ2n) is 6.77. The molecule has 1 aromatic rings. The van der Waals surface area contributed by atoms with Crippen molar-refractivity contribution in [2.24, 2.45) is 5.92 Å². The quantitative estimate of drug-likeness (QED) is 0.823. The average molecular weight is 308 g/mol. The minimum absolute atomic E-state index is 0.657. The van der Waals surface area contributed by atoms with Crippen molar-refractivity contribution in [2.45, 2.75) is 45.7 Å². The zero-order chi connectivity index (χ0) is 15.4. The van der Waals surface area contributed by atoms with Crippen LogP contribution in [0.5, 0.6) is 0 Å². The Labute approximate surface area is 132 Å². The van der Waals surface area contributed by atoms with Crippen molar-refractivity contribution in [1.82, 2.24) is 19.9 Å². The Bertz CT molecular complexity index is 449. The standard InChI is InChI=1S/C16H28N4O2/c1-13(2)20-5-3-14(4-6-20)11-16-17-15(18-22-16)12-19-7-9-21-10-8-19/h13-14H,3-12H2,1-2H3. The van der Waals surface area contributed by atoms with E-state index >= 15 is 0 Å². The zero-order valence-corrected chi connectivity index (χ0v) is 13.8. The molecular formula is C16H28N4O2. The fourth-order valence-electron chi connectivity index (χ4n) is 3.32. The van der Waals surface area contributed by atoms with Crippen molar-refractivity contribution in [1.29, 1.82) is 0 Å². The number of ether oxygens (including phenoxy) is 1. The van der Waals surface area contributed by atoms with E-state index in [-0.39, 0.29) is 0 Å². The third-order valence-corrected chi connectivity index (χ3v) is 4.82. The topological polar surface area (TPSA) is 54.6 Å². The van der Waals surface area contributed by atoms with E-state index in [0.717, 1.165) is 51.0 Å². The average Bonchev–Trinajstić information content (AvgIpc) is 2.96. The molecule has 0 aromatic carbocycles. The Morgan fingerprint density at radius 3 is 2.55 bits per heavy atom. The molecule has 0 aliphatic carbocycles. The van der Waals surface area contributed by atoms with E-state index in [9.17, 15) is 0 Å². The highest BCUT2D eigenvalue weighted by molar-refractivity contribution is 4.90. The Hall–Kier alpha value is -0.980. The Kier molecular flexibility index (Phi) is 5.44. The minimum atomic E-state index is 0.657. The summed E-state index contributed by atoms with van der Waals surface area (Å²) in [4.78, 5) is 9.45. The first-order valence-electron chi connectivity index (χ1n) is 8.56. The normalized spacial score (nSPS) is 22.5. The fraction of sp³-hybridized carbons (Fsp3) is 0.875. The van der Waals surface area contributed by atoms with Gasteiger partial charge in [-0.15, -0.1) is 0 Å². The van der Waals surface area contributed by atoms with Gasteiger partial charge in [-0.25, -0.2) is 0 Å². The first kappa shape index (κ1) is 15.9. The van der Waals surface area contributed by atoms with Gasteiger partial charge >= 0.3 is 0 Å². The number of likely N-dealkylation sites (tertiary alicyclic amines) is 1. The Morgan fingerprint density at radius 1 is 1.14 bits per heavy atom. The number of rotatable bonds is 5. The van der Waals surface area contributed by atoms with Crippen LogP contribution in [0, 0.1) is 5.92 Å². The zero-order valence-electron chi connectivity index (χ0n) is 13.8. The van der Waals surface area contributed by atoms with Gasteiger partial charge in [-0.1, -0.05) is 5.16 Å². The summed E-state index contributed by atoms with van der Waals surface area (Å²) >= 11 is 0. The predicted molar refractivity (Wildman–Crippen MR) is 83.5 cm³/mol. The monoisotopic (exact) mass is 308 g/mol. The van der Waals surface area contributed by atoms with Gasteiger partial charge in [0, 0.05) is 25.6 Å². The van der Waals surface area contributed by atoms with Gasteiger partial charge in [0.2, 0.25) is 5.89 Å². The van der Waals surface area contributed by atoms with Crippen molar-refractivity contribution in [3.8, 4) is 0 Å². The molecule has 3 rings (SSSR count). The van der Waals surface area contributed by atoms with Crippen LogP contribution >= 0.6 is 0 Å². The van der Waals surface area contributed by atoms with Gasteiger partial charge in [0.05, 0.1) is 19.8 Å². The van der Waals surface area contributed by atoms with E-state index in [1.54, 1.807) is 0 Å². The molecule has 0 amide bonds. The molecular weight excluding hydrogens is 280 g/mol. The second kappa shape index (κ2) is 7.53. The minimum Gasteiger partial charge on any atom is -0.379 e. The number of nitrogens with zero attached hydrogens (tertiary/aromatic N) is 4. The molecule has 2 aliphatic heterocycles. The highest BCUT2D eigenvalue weighted by atomic mass is 16.5. The summed E-state index contributed by atoms with van der Waals surface area (Å²) in [6.45, 7) is 11.2. The predicted octanol–water partition coefficient (Wildman–Crippen LogP) is 1.56. The maximum Gasteiger partial charge on any atom is 0.226 e. The van der Waals surface area contributed by atoms with Gasteiger partial charge < -0.3 is 14.2 Å². The van der Waals surface area contributed by atoms with Gasteiger partial charge in [0.1, 0.15) is 0 Å². The molecule has 22 heavy (non-hydrogen) atoms. The molecule has 0 N–H and O–H groups in total. The van der Waals surface area contributed by atoms with E-state index in [1.165, 1.54) is 25.9 Å². The number of hydrogen-bond acceptors (Lipinski definition) is 6. The van der Waals surface area contributed by atoms with Crippen LogP contribution in [0.2, 0.25) is 0 Å². The molecule has 0 bridgehead atoms. The molecule has 0 saturated carbocycles. The number of aromatic nitrogens is 2. The molecule has 3 heterocycles. The van der Waals surface area contributed by atoms with Crippen LogP contribution in [0.1, 0.15) is 38.4 Å². The highest BCUT2D eigenvalue weighted by Crippen LogP contribution is 2.22. The van der Waals surface area contributed by atoms with E-state index < -0.39 is 0 Å². The van der Waals surface area contributed by atoms with Gasteiger partial charge in [0.25, 0.3) is 0 Å². The van der Waals surface area contributed by atoms with Gasteiger partial charge in [0.15, 0.2) is 5.82 Å². The van der Waals surface area contributed by atoms with Gasteiger partial charge in [-0.3, -0.25) is 4.90 Å². The molecule has 2 aliphatic rings. The molecule has 6 nitrogen and oxygen atoms in total. The van der Waals surface area contributed by atoms with Gasteiger partial charge in [-0.05, 0) is 45.7 Å². The summed E-state index contributed by atoms with van der Waals surface area (Å²) in [5.41, 5.74) is 0. The lowest BCUT2D eigenvalue weighted by Gasteiger charge is -2.34. The van der Waals surface area contributed by atoms with Gasteiger partial charge in [-0.2, -0.15) is 4.98 Å². The fourth-order valence-corrected chi connectivity index (χ4v) is 3.32. The molecule has 124 valence electrons. The summed E-state index contributed by atoms with van der Waals surface area (Å²) < 4.78 is 10.8. The first-order valence-corrected chi connectivity index (χ1v) is 8.56. The Morgan fingerprint density at radius 2 is 1.86 bits per heavy atom. The Balaban J connectivity index is 1.45. The molecule has 0 spiro atoms. The molecule has 2 saturated heterocycles. The van der Waals surface area contributed by atoms with Crippen LogP contribution in [-0.4, -0.2) is 65.4 Å². The molecule has 0 radical (unpaired) electrons. The number of morpholine rings is 1. The lowest BCUT2D eigenvalue weighted by Crippen LogP contribution is -2.38. The summed E-state index contributed by atoms with van der Waals surface area (Å²) in [6.07, 6.45) is 3.40. The molecule has 0 atom stereocenters. The smallest absolute Gasteiger partial charge is 0.226 e. The van der Waals surface area contributed by atoms with Crippen LogP contribution in [0.15, 0.2) is 4.52 Å². The summed E-state index contributed by atoms with van der Waals surface area (Å²) in [5, 5.41) is 4.14. The van der Waals surface area contributed by atoms with E-state index in [2.05, 4.69) is 33.8 Å². The SMILES string of the molecule is CC(C)N1CCC(Cc2nc(CN3CCOCC3)no2)CC1. The number of piperidine rings is 1. The summed E-state index contributed by atoms with van der Waals surface area (Å²) in [7, 11) is 0. The molecule has 6 heteroatoms. The maximum atomic E-state index is 5.45. The van der Waals surface area contributed by atoms with Crippen LogP contribution in [0.25, 0.3) is 0 Å². The molecule has 1 aromatic heterocycles. The van der Waals surface area contributed by atoms with Crippen molar-refractivity contribution in [3.05, 3.63) is 11.7 Å². The van der Waals surface area contributed by atoms with E-state index in [0.29, 0.717) is 12.0 Å². The second-order valence-corrected chi connectivity index (χ2v) is 6.77. The van der Waals surface area contributed by atoms with E-state index in [4.69, 9.17) is 9.26 Å². The lowest BCUT2D eigenvalue weighted by molar-refractivity contribution is 0.0327. The highest BCUT2D eigenvalue weighted by Gasteiger charge is 2.23. The summed E-state index contributed by atoms with van der Waals surface area (Å²) in [6, 6.07) is 0.657. The number of hydrogen-bond donors (Lipinski definition) is 0. The lowest BCUT2D eigenvalue weighted by atomic mass is 9.93. The van der Waals surface area contributed by atoms with Crippen LogP contribution in [-0.2, 0) is 17.7 Å². The molecule has 2 fully saturated rings. The third kappa shape index (κ3) is 4.27. The van der Waals surface area contributed by atoms with E-state index in [1.807, 2.05) is 0 Å². The van der Waals surface area contributed by atoms with Crippen molar-refractivity contribution in [3.63, 3.8) is 0 Å². The largest absolute Gasteiger partial charge is 0.379 e. The third-order valence-electron chi connectivity index (χ3n) is 4.82. The van der Waals surface area contributed by atoms with Crippen molar-refractivity contribution < 1.29 is 9.26 Å².